The van der Waals surface area contributed by atoms with E-state index < -0.39 is 0 Å². The van der Waals surface area contributed by atoms with Gasteiger partial charge in [0.2, 0.25) is 0 Å². The average Bonchev–Trinajstić information content (AvgIpc) is 2.55. The van der Waals surface area contributed by atoms with Gasteiger partial charge in [0.25, 0.3) is 0 Å². The summed E-state index contributed by atoms with van der Waals surface area (Å²) in [5.41, 5.74) is 6.13. The minimum absolute atomic E-state index is 0.378. The summed E-state index contributed by atoms with van der Waals surface area (Å²) in [5, 5.41) is 4.07. The van der Waals surface area contributed by atoms with Crippen molar-refractivity contribution in [3.05, 3.63) is 10.9 Å². The molecule has 78 valence electrons. The molecule has 0 aliphatic carbocycles. The topological polar surface area (TPSA) is 64.3 Å². The van der Waals surface area contributed by atoms with Crippen LogP contribution >= 0.6 is 11.3 Å². The summed E-state index contributed by atoms with van der Waals surface area (Å²) in [6.07, 6.45) is 1.03. The zero-order valence-electron chi connectivity index (χ0n) is 8.29. The molecule has 0 saturated carbocycles. The van der Waals surface area contributed by atoms with Crippen LogP contribution in [0.5, 0.6) is 0 Å². The SMILES string of the molecule is CCCNc1cc(N)c(C(=O)OC)s1. The van der Waals surface area contributed by atoms with Gasteiger partial charge in [-0.2, -0.15) is 0 Å². The minimum Gasteiger partial charge on any atom is -0.465 e. The van der Waals surface area contributed by atoms with Crippen LogP contribution in [0.2, 0.25) is 0 Å². The standard InChI is InChI=1S/C9H14N2O2S/c1-3-4-11-7-5-6(10)8(14-7)9(12)13-2/h5,11H,3-4,10H2,1-2H3. The van der Waals surface area contributed by atoms with Crippen LogP contribution in [0, 0.1) is 0 Å². The lowest BCUT2D eigenvalue weighted by Gasteiger charge is -1.98. The van der Waals surface area contributed by atoms with E-state index in [4.69, 9.17) is 5.73 Å². The van der Waals surface area contributed by atoms with Crippen molar-refractivity contribution in [1.29, 1.82) is 0 Å². The number of nitrogens with two attached hydrogens (primary N) is 1. The van der Waals surface area contributed by atoms with Gasteiger partial charge >= 0.3 is 5.97 Å². The minimum atomic E-state index is -0.378. The number of carbonyl (C=O) groups is 1. The predicted octanol–water partition coefficient (Wildman–Crippen LogP) is 1.94. The van der Waals surface area contributed by atoms with Crippen LogP contribution in [0.25, 0.3) is 0 Å². The molecule has 1 aromatic rings. The maximum atomic E-state index is 11.2. The summed E-state index contributed by atoms with van der Waals surface area (Å²) in [7, 11) is 1.35. The molecule has 0 fully saturated rings. The number of nitrogens with one attached hydrogen (secondary N) is 1. The molecule has 0 unspecified atom stereocenters. The van der Waals surface area contributed by atoms with E-state index in [0.29, 0.717) is 10.6 Å². The molecular weight excluding hydrogens is 200 g/mol. The fraction of sp³-hybridized carbons (Fsp3) is 0.444. The van der Waals surface area contributed by atoms with Gasteiger partial charge in [0.1, 0.15) is 4.88 Å². The molecule has 4 nitrogen and oxygen atoms in total. The van der Waals surface area contributed by atoms with E-state index in [0.717, 1.165) is 18.0 Å². The van der Waals surface area contributed by atoms with Crippen molar-refractivity contribution in [1.82, 2.24) is 0 Å². The lowest BCUT2D eigenvalue weighted by atomic mass is 10.4. The highest BCUT2D eigenvalue weighted by Gasteiger charge is 2.14. The van der Waals surface area contributed by atoms with Crippen molar-refractivity contribution in [3.63, 3.8) is 0 Å². The molecule has 0 aliphatic heterocycles. The fourth-order valence-corrected chi connectivity index (χ4v) is 1.92. The Morgan fingerprint density at radius 2 is 2.43 bits per heavy atom. The zero-order chi connectivity index (χ0) is 10.6. The quantitative estimate of drug-likeness (QED) is 0.752. The number of esters is 1. The van der Waals surface area contributed by atoms with Gasteiger partial charge in [0, 0.05) is 6.54 Å². The highest BCUT2D eigenvalue weighted by molar-refractivity contribution is 7.18. The molecule has 1 rings (SSSR count). The van der Waals surface area contributed by atoms with Crippen molar-refractivity contribution in [2.24, 2.45) is 0 Å². The normalized spacial score (nSPS) is 9.86. The summed E-state index contributed by atoms with van der Waals surface area (Å²) < 4.78 is 4.60. The largest absolute Gasteiger partial charge is 0.465 e. The van der Waals surface area contributed by atoms with Crippen LogP contribution in [-0.4, -0.2) is 19.6 Å². The number of hydrogen-bond donors (Lipinski definition) is 2. The molecule has 3 N–H and O–H groups in total. The van der Waals surface area contributed by atoms with E-state index in [2.05, 4.69) is 17.0 Å². The lowest BCUT2D eigenvalue weighted by molar-refractivity contribution is 0.0607. The number of anilines is 2. The summed E-state index contributed by atoms with van der Waals surface area (Å²) in [4.78, 5) is 11.7. The van der Waals surface area contributed by atoms with Gasteiger partial charge < -0.3 is 15.8 Å². The molecule has 1 aromatic heterocycles. The Morgan fingerprint density at radius 1 is 1.71 bits per heavy atom. The number of ether oxygens (including phenoxy) is 1. The first-order valence-electron chi connectivity index (χ1n) is 4.40. The van der Waals surface area contributed by atoms with Gasteiger partial charge in [-0.05, 0) is 12.5 Å². The molecule has 0 bridgehead atoms. The maximum Gasteiger partial charge on any atom is 0.350 e. The third-order valence-electron chi connectivity index (χ3n) is 1.68. The monoisotopic (exact) mass is 214 g/mol. The first-order chi connectivity index (χ1) is 6.69. The first-order valence-corrected chi connectivity index (χ1v) is 5.22. The van der Waals surface area contributed by atoms with Crippen molar-refractivity contribution in [2.45, 2.75) is 13.3 Å². The van der Waals surface area contributed by atoms with Crippen LogP contribution < -0.4 is 11.1 Å². The highest BCUT2D eigenvalue weighted by atomic mass is 32.1. The van der Waals surface area contributed by atoms with Crippen LogP contribution in [0.4, 0.5) is 10.7 Å². The van der Waals surface area contributed by atoms with E-state index in [9.17, 15) is 4.79 Å². The Hall–Kier alpha value is -1.23. The van der Waals surface area contributed by atoms with Crippen LogP contribution in [-0.2, 0) is 4.74 Å². The van der Waals surface area contributed by atoms with Gasteiger partial charge in [0.05, 0.1) is 17.8 Å². The van der Waals surface area contributed by atoms with Crippen LogP contribution in [0.15, 0.2) is 6.07 Å². The van der Waals surface area contributed by atoms with E-state index >= 15 is 0 Å². The second kappa shape index (κ2) is 4.85. The third kappa shape index (κ3) is 2.38. The molecule has 5 heteroatoms. The number of methoxy groups -OCH3 is 1. The number of hydrogen-bond acceptors (Lipinski definition) is 5. The smallest absolute Gasteiger partial charge is 0.350 e. The Morgan fingerprint density at radius 3 is 3.00 bits per heavy atom. The summed E-state index contributed by atoms with van der Waals surface area (Å²) in [5.74, 6) is -0.378. The second-order valence-electron chi connectivity index (χ2n) is 2.81. The number of rotatable bonds is 4. The van der Waals surface area contributed by atoms with E-state index in [-0.39, 0.29) is 5.97 Å². The zero-order valence-corrected chi connectivity index (χ0v) is 9.11. The summed E-state index contributed by atoms with van der Waals surface area (Å²) in [6, 6.07) is 1.76. The van der Waals surface area contributed by atoms with Crippen molar-refractivity contribution in [2.75, 3.05) is 24.7 Å². The van der Waals surface area contributed by atoms with Gasteiger partial charge in [-0.3, -0.25) is 0 Å². The van der Waals surface area contributed by atoms with Gasteiger partial charge in [-0.25, -0.2) is 4.79 Å². The average molecular weight is 214 g/mol. The van der Waals surface area contributed by atoms with Crippen molar-refractivity contribution < 1.29 is 9.53 Å². The Labute approximate surface area is 87.1 Å². The molecule has 0 spiro atoms. The molecule has 0 saturated heterocycles. The number of nitrogen functional groups attached to an aromatic ring is 1. The Kier molecular flexibility index (Phi) is 3.76. The Bertz CT molecular complexity index is 323. The van der Waals surface area contributed by atoms with E-state index in [1.54, 1.807) is 6.07 Å². The van der Waals surface area contributed by atoms with E-state index in [1.165, 1.54) is 18.4 Å². The molecular formula is C9H14N2O2S. The molecule has 0 atom stereocenters. The van der Waals surface area contributed by atoms with Gasteiger partial charge in [-0.15, -0.1) is 11.3 Å². The molecule has 0 aromatic carbocycles. The molecule has 14 heavy (non-hydrogen) atoms. The predicted molar refractivity (Wildman–Crippen MR) is 58.9 cm³/mol. The van der Waals surface area contributed by atoms with Crippen LogP contribution in [0.1, 0.15) is 23.0 Å². The third-order valence-corrected chi connectivity index (χ3v) is 2.77. The number of thiophene rings is 1. The fourth-order valence-electron chi connectivity index (χ4n) is 0.993. The Balaban J connectivity index is 2.77. The highest BCUT2D eigenvalue weighted by Crippen LogP contribution is 2.29. The van der Waals surface area contributed by atoms with Crippen molar-refractivity contribution in [3.8, 4) is 0 Å². The maximum absolute atomic E-state index is 11.2. The molecule has 0 radical (unpaired) electrons. The molecule has 0 amide bonds. The van der Waals surface area contributed by atoms with Gasteiger partial charge in [0.15, 0.2) is 0 Å². The molecule has 0 aliphatic rings. The number of carbonyl (C=O) groups excluding carboxylic acids is 1. The lowest BCUT2D eigenvalue weighted by Crippen LogP contribution is -2.01. The summed E-state index contributed by atoms with van der Waals surface area (Å²) in [6.45, 7) is 2.95. The van der Waals surface area contributed by atoms with E-state index in [1.807, 2.05) is 0 Å². The second-order valence-corrected chi connectivity index (χ2v) is 3.87. The first kappa shape index (κ1) is 10.8. The molecule has 1 heterocycles. The van der Waals surface area contributed by atoms with Crippen LogP contribution in [0.3, 0.4) is 0 Å². The van der Waals surface area contributed by atoms with Crippen molar-refractivity contribution >= 4 is 28.0 Å². The van der Waals surface area contributed by atoms with Gasteiger partial charge in [-0.1, -0.05) is 6.92 Å². The summed E-state index contributed by atoms with van der Waals surface area (Å²) >= 11 is 1.32.